The number of carbonyl (C=O) groups excluding carboxylic acids is 1. The predicted octanol–water partition coefficient (Wildman–Crippen LogP) is 5.59. The Kier molecular flexibility index (Phi) is 8.23. The Morgan fingerprint density at radius 3 is 2.24 bits per heavy atom. The summed E-state index contributed by atoms with van der Waals surface area (Å²) in [7, 11) is 3.78. The van der Waals surface area contributed by atoms with Crippen LogP contribution in [0.4, 0.5) is 5.69 Å². The molecule has 0 unspecified atom stereocenters. The summed E-state index contributed by atoms with van der Waals surface area (Å²) in [5.74, 6) is -0.0486. The minimum atomic E-state index is -0.0486. The predicted molar refractivity (Wildman–Crippen MR) is 109 cm³/mol. The van der Waals surface area contributed by atoms with E-state index in [4.69, 9.17) is 23.2 Å². The van der Waals surface area contributed by atoms with Gasteiger partial charge in [0, 0.05) is 37.8 Å². The third kappa shape index (κ3) is 5.11. The number of halogens is 3. The van der Waals surface area contributed by atoms with E-state index in [1.54, 1.807) is 18.0 Å². The van der Waals surface area contributed by atoms with Crippen molar-refractivity contribution in [3.05, 3.63) is 63.6 Å². The van der Waals surface area contributed by atoms with Crippen LogP contribution in [0.5, 0.6) is 0 Å². The lowest BCUT2D eigenvalue weighted by Crippen LogP contribution is -2.28. The van der Waals surface area contributed by atoms with Gasteiger partial charge in [0.2, 0.25) is 5.91 Å². The fourth-order valence-electron chi connectivity index (χ4n) is 2.64. The van der Waals surface area contributed by atoms with Gasteiger partial charge in [0.05, 0.1) is 10.0 Å². The van der Waals surface area contributed by atoms with Gasteiger partial charge in [-0.25, -0.2) is 0 Å². The van der Waals surface area contributed by atoms with Gasteiger partial charge in [-0.2, -0.15) is 0 Å². The van der Waals surface area contributed by atoms with Crippen molar-refractivity contribution in [2.45, 2.75) is 26.4 Å². The van der Waals surface area contributed by atoms with Crippen molar-refractivity contribution in [3.8, 4) is 0 Å². The highest BCUT2D eigenvalue weighted by Gasteiger charge is 2.23. The third-order valence-corrected chi connectivity index (χ3v) is 5.12. The second kappa shape index (κ2) is 9.44. The van der Waals surface area contributed by atoms with Gasteiger partial charge in [-0.05, 0) is 31.7 Å². The first kappa shape index (κ1) is 21.8. The van der Waals surface area contributed by atoms with Gasteiger partial charge < -0.3 is 4.90 Å². The molecule has 1 amide bonds. The fourth-order valence-corrected chi connectivity index (χ4v) is 3.13. The van der Waals surface area contributed by atoms with Crippen molar-refractivity contribution in [3.63, 3.8) is 0 Å². The molecule has 6 heteroatoms. The number of hydrogen-bond acceptors (Lipinski definition) is 2. The van der Waals surface area contributed by atoms with Crippen molar-refractivity contribution in [1.82, 2.24) is 4.90 Å². The summed E-state index contributed by atoms with van der Waals surface area (Å²) in [6.45, 7) is 4.37. The molecule has 136 valence electrons. The highest BCUT2D eigenvalue weighted by Crippen LogP contribution is 2.39. The summed E-state index contributed by atoms with van der Waals surface area (Å²) < 4.78 is 0. The van der Waals surface area contributed by atoms with Crippen molar-refractivity contribution >= 4 is 47.2 Å². The highest BCUT2D eigenvalue weighted by atomic mass is 35.5. The minimum Gasteiger partial charge on any atom is -0.315 e. The van der Waals surface area contributed by atoms with Crippen LogP contribution >= 0.6 is 35.6 Å². The van der Waals surface area contributed by atoms with Gasteiger partial charge in [-0.3, -0.25) is 9.69 Å². The summed E-state index contributed by atoms with van der Waals surface area (Å²) in [5, 5.41) is 0.988. The molecule has 0 aliphatic rings. The number of amides is 1. The lowest BCUT2D eigenvalue weighted by atomic mass is 10.0. The number of carbonyl (C=O) groups is 1. The Hall–Kier alpha value is -1.26. The second-order valence-corrected chi connectivity index (χ2v) is 6.73. The molecular formula is C19H23Cl3N2O. The van der Waals surface area contributed by atoms with E-state index in [9.17, 15) is 4.79 Å². The molecule has 0 heterocycles. The third-order valence-electron chi connectivity index (χ3n) is 4.30. The maximum atomic E-state index is 11.8. The summed E-state index contributed by atoms with van der Waals surface area (Å²) in [5.41, 5.74) is 2.86. The summed E-state index contributed by atoms with van der Waals surface area (Å²) in [4.78, 5) is 15.6. The number of hydrogen-bond donors (Lipinski definition) is 0. The van der Waals surface area contributed by atoms with E-state index in [2.05, 4.69) is 24.0 Å². The standard InChI is InChI=1S/C19H22Cl2N2O.ClH/c1-13(22(3)12-15-8-6-5-7-9-15)18-17(23(4)14(2)24)11-10-16(20)19(18)21;/h5-11,13H,12H2,1-4H3;1H/t13-;/m0./s1. The Labute approximate surface area is 165 Å². The van der Waals surface area contributed by atoms with Crippen LogP contribution in [0.25, 0.3) is 0 Å². The van der Waals surface area contributed by atoms with E-state index in [1.165, 1.54) is 12.5 Å². The Balaban J connectivity index is 0.00000312. The zero-order valence-electron chi connectivity index (χ0n) is 14.8. The van der Waals surface area contributed by atoms with E-state index in [1.807, 2.05) is 31.3 Å². The molecule has 0 saturated carbocycles. The van der Waals surface area contributed by atoms with Crippen LogP contribution in [0.2, 0.25) is 10.0 Å². The number of rotatable bonds is 5. The quantitative estimate of drug-likeness (QED) is 0.652. The van der Waals surface area contributed by atoms with Gasteiger partial charge in [0.1, 0.15) is 0 Å². The first-order valence-electron chi connectivity index (χ1n) is 7.79. The van der Waals surface area contributed by atoms with Crippen molar-refractivity contribution < 1.29 is 4.79 Å². The van der Waals surface area contributed by atoms with Crippen molar-refractivity contribution in [2.24, 2.45) is 0 Å². The van der Waals surface area contributed by atoms with E-state index in [0.29, 0.717) is 10.0 Å². The number of benzene rings is 2. The average Bonchev–Trinajstić information content (AvgIpc) is 2.56. The molecule has 2 rings (SSSR count). The molecule has 2 aromatic rings. The molecule has 0 fully saturated rings. The first-order chi connectivity index (χ1) is 11.3. The summed E-state index contributed by atoms with van der Waals surface area (Å²) in [6, 6.07) is 13.8. The molecule has 0 saturated heterocycles. The topological polar surface area (TPSA) is 23.6 Å². The molecule has 0 aromatic heterocycles. The van der Waals surface area contributed by atoms with Crippen molar-refractivity contribution in [2.75, 3.05) is 19.0 Å². The fraction of sp³-hybridized carbons (Fsp3) is 0.316. The lowest BCUT2D eigenvalue weighted by molar-refractivity contribution is -0.116. The zero-order valence-corrected chi connectivity index (χ0v) is 17.1. The van der Waals surface area contributed by atoms with Gasteiger partial charge >= 0.3 is 0 Å². The van der Waals surface area contributed by atoms with Crippen LogP contribution in [0.1, 0.15) is 31.0 Å². The molecule has 3 nitrogen and oxygen atoms in total. The molecular weight excluding hydrogens is 379 g/mol. The molecule has 0 aliphatic carbocycles. The number of anilines is 1. The monoisotopic (exact) mass is 400 g/mol. The van der Waals surface area contributed by atoms with Gasteiger partial charge in [-0.1, -0.05) is 53.5 Å². The SMILES string of the molecule is CC(=O)N(C)c1ccc(Cl)c(Cl)c1[C@H](C)N(C)Cc1ccccc1.Cl. The molecule has 2 aromatic carbocycles. The van der Waals surface area contributed by atoms with Crippen LogP contribution in [0, 0.1) is 0 Å². The van der Waals surface area contributed by atoms with Crippen LogP contribution < -0.4 is 4.90 Å². The maximum Gasteiger partial charge on any atom is 0.223 e. The van der Waals surface area contributed by atoms with Gasteiger partial charge in [-0.15, -0.1) is 12.4 Å². The van der Waals surface area contributed by atoms with Crippen molar-refractivity contribution in [1.29, 1.82) is 0 Å². The highest BCUT2D eigenvalue weighted by molar-refractivity contribution is 6.42. The van der Waals surface area contributed by atoms with E-state index < -0.39 is 0 Å². The second-order valence-electron chi connectivity index (χ2n) is 5.95. The van der Waals surface area contributed by atoms with E-state index in [-0.39, 0.29) is 24.4 Å². The van der Waals surface area contributed by atoms with Crippen LogP contribution in [0.15, 0.2) is 42.5 Å². The number of nitrogens with zero attached hydrogens (tertiary/aromatic N) is 2. The minimum absolute atomic E-state index is 0. The Morgan fingerprint density at radius 1 is 1.08 bits per heavy atom. The molecule has 25 heavy (non-hydrogen) atoms. The zero-order chi connectivity index (χ0) is 17.9. The van der Waals surface area contributed by atoms with Crippen LogP contribution in [-0.2, 0) is 11.3 Å². The maximum absolute atomic E-state index is 11.8. The average molecular weight is 402 g/mol. The van der Waals surface area contributed by atoms with Crippen LogP contribution in [-0.4, -0.2) is 24.9 Å². The van der Waals surface area contributed by atoms with Gasteiger partial charge in [0.15, 0.2) is 0 Å². The Bertz CT molecular complexity index is 722. The van der Waals surface area contributed by atoms with Crippen LogP contribution in [0.3, 0.4) is 0 Å². The summed E-state index contributed by atoms with van der Waals surface area (Å²) >= 11 is 12.7. The van der Waals surface area contributed by atoms with Gasteiger partial charge in [0.25, 0.3) is 0 Å². The molecule has 0 spiro atoms. The van der Waals surface area contributed by atoms with E-state index >= 15 is 0 Å². The largest absolute Gasteiger partial charge is 0.315 e. The molecule has 0 aliphatic heterocycles. The molecule has 0 N–H and O–H groups in total. The molecule has 0 radical (unpaired) electrons. The smallest absolute Gasteiger partial charge is 0.223 e. The van der Waals surface area contributed by atoms with E-state index in [0.717, 1.165) is 17.8 Å². The Morgan fingerprint density at radius 2 is 1.68 bits per heavy atom. The lowest BCUT2D eigenvalue weighted by Gasteiger charge is -2.30. The normalized spacial score (nSPS) is 11.8. The molecule has 0 bridgehead atoms. The molecule has 1 atom stereocenters. The summed E-state index contributed by atoms with van der Waals surface area (Å²) in [6.07, 6.45) is 0. The first-order valence-corrected chi connectivity index (χ1v) is 8.55.